The van der Waals surface area contributed by atoms with E-state index in [-0.39, 0.29) is 16.6 Å². The van der Waals surface area contributed by atoms with Crippen molar-refractivity contribution in [3.63, 3.8) is 0 Å². The average Bonchev–Trinajstić information content (AvgIpc) is 2.33. The lowest BCUT2D eigenvalue weighted by Crippen LogP contribution is -2.34. The number of sulfone groups is 1. The van der Waals surface area contributed by atoms with Gasteiger partial charge in [0.25, 0.3) is 0 Å². The van der Waals surface area contributed by atoms with Gasteiger partial charge in [-0.2, -0.15) is 0 Å². The topological polar surface area (TPSA) is 60.2 Å². The second-order valence-electron chi connectivity index (χ2n) is 7.77. The van der Waals surface area contributed by atoms with Crippen LogP contribution in [-0.2, 0) is 20.7 Å². The van der Waals surface area contributed by atoms with E-state index in [2.05, 4.69) is 39.8 Å². The first-order chi connectivity index (χ1) is 9.42. The molecule has 0 bridgehead atoms. The summed E-state index contributed by atoms with van der Waals surface area (Å²) in [5, 5.41) is 0. The molecule has 0 fully saturated rings. The smallest absolute Gasteiger partial charge is 0.149 e. The largest absolute Gasteiger partial charge is 0.323 e. The van der Waals surface area contributed by atoms with Crippen molar-refractivity contribution in [2.75, 3.05) is 12.0 Å². The maximum absolute atomic E-state index is 11.5. The maximum atomic E-state index is 11.5. The molecule has 1 atom stereocenters. The summed E-state index contributed by atoms with van der Waals surface area (Å²) in [6, 6.07) is 5.82. The Morgan fingerprint density at radius 3 is 2.14 bits per heavy atom. The zero-order chi connectivity index (χ0) is 16.1. The number of hydrogen-bond donors (Lipinski definition) is 1. The second kappa shape index (κ2) is 5.10. The quantitative estimate of drug-likeness (QED) is 0.933. The van der Waals surface area contributed by atoms with Crippen molar-refractivity contribution in [3.05, 3.63) is 34.9 Å². The minimum Gasteiger partial charge on any atom is -0.323 e. The summed E-state index contributed by atoms with van der Waals surface area (Å²) >= 11 is 0. The molecule has 0 spiro atoms. The van der Waals surface area contributed by atoms with Gasteiger partial charge in [-0.15, -0.1) is 0 Å². The van der Waals surface area contributed by atoms with E-state index in [4.69, 9.17) is 5.73 Å². The van der Waals surface area contributed by atoms with Crippen LogP contribution in [0.15, 0.2) is 18.2 Å². The number of nitrogens with two attached hydrogens (primary N) is 1. The zero-order valence-corrected chi connectivity index (χ0v) is 14.5. The van der Waals surface area contributed by atoms with Crippen molar-refractivity contribution >= 4 is 9.84 Å². The Morgan fingerprint density at radius 1 is 1.10 bits per heavy atom. The van der Waals surface area contributed by atoms with Gasteiger partial charge in [-0.3, -0.25) is 0 Å². The van der Waals surface area contributed by atoms with Crippen LogP contribution in [0.5, 0.6) is 0 Å². The van der Waals surface area contributed by atoms with Crippen LogP contribution in [-0.4, -0.2) is 20.4 Å². The molecular weight excluding hydrogens is 282 g/mol. The molecule has 1 aliphatic rings. The third kappa shape index (κ3) is 3.49. The standard InChI is InChI=1S/C17H27NO2S/c1-16(2)8-9-17(3,4)14-10-12(6-7-13(14)16)15(18)11-21(5,19)20/h6-7,10,15H,8-9,11,18H2,1-5H3. The molecule has 1 unspecified atom stereocenters. The molecule has 0 aliphatic heterocycles. The van der Waals surface area contributed by atoms with Gasteiger partial charge in [-0.1, -0.05) is 45.9 Å². The first-order valence-electron chi connectivity index (χ1n) is 7.51. The highest BCUT2D eigenvalue weighted by Crippen LogP contribution is 2.46. The van der Waals surface area contributed by atoms with E-state index in [1.807, 2.05) is 6.07 Å². The molecule has 21 heavy (non-hydrogen) atoms. The lowest BCUT2D eigenvalue weighted by atomic mass is 9.63. The molecule has 3 nitrogen and oxygen atoms in total. The molecule has 0 radical (unpaired) electrons. The Kier molecular flexibility index (Phi) is 4.00. The number of fused-ring (bicyclic) bond motifs is 1. The SMILES string of the molecule is CC1(C)CCC(C)(C)c2cc(C(N)CS(C)(=O)=O)ccc21. The summed E-state index contributed by atoms with van der Waals surface area (Å²) in [4.78, 5) is 0. The number of hydrogen-bond acceptors (Lipinski definition) is 3. The highest BCUT2D eigenvalue weighted by Gasteiger charge is 2.37. The Balaban J connectivity index is 2.46. The molecule has 2 N–H and O–H groups in total. The third-order valence-electron chi connectivity index (χ3n) is 4.79. The number of rotatable bonds is 3. The molecule has 2 rings (SSSR count). The molecule has 0 saturated carbocycles. The van der Waals surface area contributed by atoms with Gasteiger partial charge in [-0.05, 0) is 40.4 Å². The Bertz CT molecular complexity index is 645. The van der Waals surface area contributed by atoms with Crippen molar-refractivity contribution < 1.29 is 8.42 Å². The molecular formula is C17H27NO2S. The molecule has 0 heterocycles. The summed E-state index contributed by atoms with van der Waals surface area (Å²) in [5.41, 5.74) is 9.99. The van der Waals surface area contributed by atoms with Crippen LogP contribution >= 0.6 is 0 Å². The van der Waals surface area contributed by atoms with Crippen LogP contribution in [0.25, 0.3) is 0 Å². The summed E-state index contributed by atoms with van der Waals surface area (Å²) in [7, 11) is -3.07. The van der Waals surface area contributed by atoms with Crippen LogP contribution < -0.4 is 5.73 Å². The van der Waals surface area contributed by atoms with Crippen molar-refractivity contribution in [3.8, 4) is 0 Å². The number of benzene rings is 1. The fraction of sp³-hybridized carbons (Fsp3) is 0.647. The monoisotopic (exact) mass is 309 g/mol. The van der Waals surface area contributed by atoms with Gasteiger partial charge in [0.2, 0.25) is 0 Å². The Morgan fingerprint density at radius 2 is 1.62 bits per heavy atom. The van der Waals surface area contributed by atoms with Gasteiger partial charge in [0, 0.05) is 12.3 Å². The van der Waals surface area contributed by atoms with Crippen molar-refractivity contribution in [2.45, 2.75) is 57.4 Å². The predicted molar refractivity (Wildman–Crippen MR) is 88.4 cm³/mol. The summed E-state index contributed by atoms with van der Waals surface area (Å²) < 4.78 is 22.9. The lowest BCUT2D eigenvalue weighted by molar-refractivity contribution is 0.331. The van der Waals surface area contributed by atoms with E-state index in [0.717, 1.165) is 12.0 Å². The van der Waals surface area contributed by atoms with Gasteiger partial charge >= 0.3 is 0 Å². The van der Waals surface area contributed by atoms with Gasteiger partial charge in [0.05, 0.1) is 5.75 Å². The fourth-order valence-corrected chi connectivity index (χ4v) is 4.10. The zero-order valence-electron chi connectivity index (χ0n) is 13.7. The van der Waals surface area contributed by atoms with Crippen molar-refractivity contribution in [1.29, 1.82) is 0 Å². The van der Waals surface area contributed by atoms with E-state index in [1.165, 1.54) is 23.8 Å². The van der Waals surface area contributed by atoms with Crippen molar-refractivity contribution in [2.24, 2.45) is 5.73 Å². The van der Waals surface area contributed by atoms with Gasteiger partial charge in [0.1, 0.15) is 9.84 Å². The normalized spacial score (nSPS) is 21.6. The predicted octanol–water partition coefficient (Wildman–Crippen LogP) is 3.08. The highest BCUT2D eigenvalue weighted by atomic mass is 32.2. The molecule has 118 valence electrons. The fourth-order valence-electron chi connectivity index (χ4n) is 3.26. The van der Waals surface area contributed by atoms with Crippen molar-refractivity contribution in [1.82, 2.24) is 0 Å². The minimum atomic E-state index is -3.07. The van der Waals surface area contributed by atoms with Gasteiger partial charge in [0.15, 0.2) is 0 Å². The molecule has 0 amide bonds. The summed E-state index contributed by atoms with van der Waals surface area (Å²) in [6.45, 7) is 9.06. The van der Waals surface area contributed by atoms with Crippen LogP contribution in [0.3, 0.4) is 0 Å². The van der Waals surface area contributed by atoms with Gasteiger partial charge < -0.3 is 5.73 Å². The van der Waals surface area contributed by atoms with Crippen LogP contribution in [0.4, 0.5) is 0 Å². The van der Waals surface area contributed by atoms with Crippen LogP contribution in [0.1, 0.15) is 63.3 Å². The minimum absolute atomic E-state index is 0.00436. The highest BCUT2D eigenvalue weighted by molar-refractivity contribution is 7.90. The Hall–Kier alpha value is -0.870. The summed E-state index contributed by atoms with van der Waals surface area (Å²) in [6.07, 6.45) is 3.54. The molecule has 1 aromatic rings. The van der Waals surface area contributed by atoms with Gasteiger partial charge in [-0.25, -0.2) is 8.42 Å². The van der Waals surface area contributed by atoms with E-state index in [9.17, 15) is 8.42 Å². The van der Waals surface area contributed by atoms with Crippen LogP contribution in [0.2, 0.25) is 0 Å². The first kappa shape index (κ1) is 16.5. The third-order valence-corrected chi connectivity index (χ3v) is 5.75. The molecule has 1 aromatic carbocycles. The maximum Gasteiger partial charge on any atom is 0.149 e. The van der Waals surface area contributed by atoms with E-state index in [1.54, 1.807) is 0 Å². The van der Waals surface area contributed by atoms with E-state index >= 15 is 0 Å². The second-order valence-corrected chi connectivity index (χ2v) is 9.96. The first-order valence-corrected chi connectivity index (χ1v) is 9.57. The van der Waals surface area contributed by atoms with E-state index < -0.39 is 15.9 Å². The van der Waals surface area contributed by atoms with Crippen LogP contribution in [0, 0.1) is 0 Å². The molecule has 4 heteroatoms. The van der Waals surface area contributed by atoms with E-state index in [0.29, 0.717) is 0 Å². The Labute approximate surface area is 128 Å². The molecule has 0 saturated heterocycles. The lowest BCUT2D eigenvalue weighted by Gasteiger charge is -2.42. The average molecular weight is 309 g/mol. The summed E-state index contributed by atoms with van der Waals surface area (Å²) in [5.74, 6) is -0.00436. The molecule has 0 aromatic heterocycles. The molecule has 1 aliphatic carbocycles.